The molecular formula is C10H17ClN4S. The standard InChI is InChI=1S/C10H17ClN4S/c1-4-15(6-9(12)16)5-8-7(2)13-14(3)10(8)11/h4-6H2,1-3H3,(H2,12,16). The van der Waals surface area contributed by atoms with Crippen LogP contribution in [0, 0.1) is 6.92 Å². The van der Waals surface area contributed by atoms with Crippen molar-refractivity contribution < 1.29 is 0 Å². The monoisotopic (exact) mass is 260 g/mol. The van der Waals surface area contributed by atoms with Gasteiger partial charge in [0.05, 0.1) is 10.7 Å². The van der Waals surface area contributed by atoms with Crippen molar-refractivity contribution in [3.05, 3.63) is 16.4 Å². The highest BCUT2D eigenvalue weighted by Crippen LogP contribution is 2.20. The first-order valence-corrected chi connectivity index (χ1v) is 5.93. The molecule has 90 valence electrons. The maximum atomic E-state index is 6.16. The van der Waals surface area contributed by atoms with E-state index in [0.717, 1.165) is 24.3 Å². The fourth-order valence-corrected chi connectivity index (χ4v) is 1.99. The van der Waals surface area contributed by atoms with Gasteiger partial charge >= 0.3 is 0 Å². The zero-order valence-electron chi connectivity index (χ0n) is 9.83. The van der Waals surface area contributed by atoms with E-state index in [-0.39, 0.29) is 0 Å². The van der Waals surface area contributed by atoms with Gasteiger partial charge < -0.3 is 5.73 Å². The lowest BCUT2D eigenvalue weighted by Gasteiger charge is -2.19. The van der Waals surface area contributed by atoms with E-state index in [0.29, 0.717) is 16.7 Å². The van der Waals surface area contributed by atoms with E-state index >= 15 is 0 Å². The van der Waals surface area contributed by atoms with Crippen LogP contribution in [0.5, 0.6) is 0 Å². The van der Waals surface area contributed by atoms with Crippen LogP contribution in [0.1, 0.15) is 18.2 Å². The Hall–Kier alpha value is -0.650. The fourth-order valence-electron chi connectivity index (χ4n) is 1.58. The van der Waals surface area contributed by atoms with Gasteiger partial charge in [0.2, 0.25) is 0 Å². The summed E-state index contributed by atoms with van der Waals surface area (Å²) in [6.45, 7) is 6.23. The molecule has 1 heterocycles. The number of nitrogens with two attached hydrogens (primary N) is 1. The van der Waals surface area contributed by atoms with Crippen LogP contribution in [0.3, 0.4) is 0 Å². The van der Waals surface area contributed by atoms with Crippen molar-refractivity contribution in [2.45, 2.75) is 20.4 Å². The SMILES string of the molecule is CCN(CC(N)=S)Cc1c(C)nn(C)c1Cl. The molecule has 0 aliphatic rings. The van der Waals surface area contributed by atoms with Gasteiger partial charge in [-0.2, -0.15) is 5.10 Å². The molecule has 0 amide bonds. The zero-order chi connectivity index (χ0) is 12.3. The molecule has 4 nitrogen and oxygen atoms in total. The summed E-state index contributed by atoms with van der Waals surface area (Å²) in [5.74, 6) is 0. The molecule has 1 rings (SSSR count). The Labute approximate surface area is 106 Å². The van der Waals surface area contributed by atoms with Gasteiger partial charge in [0.15, 0.2) is 0 Å². The highest BCUT2D eigenvalue weighted by Gasteiger charge is 2.14. The number of rotatable bonds is 5. The second-order valence-corrected chi connectivity index (χ2v) is 4.63. The minimum absolute atomic E-state index is 0.500. The van der Waals surface area contributed by atoms with Gasteiger partial charge in [-0.1, -0.05) is 30.7 Å². The van der Waals surface area contributed by atoms with Crippen LogP contribution in [0.2, 0.25) is 5.15 Å². The zero-order valence-corrected chi connectivity index (χ0v) is 11.4. The van der Waals surface area contributed by atoms with Crippen LogP contribution in [-0.4, -0.2) is 32.8 Å². The molecule has 1 aromatic heterocycles. The molecule has 2 N–H and O–H groups in total. The highest BCUT2D eigenvalue weighted by atomic mass is 35.5. The molecule has 6 heteroatoms. The first-order valence-electron chi connectivity index (χ1n) is 5.14. The molecule has 0 saturated heterocycles. The topological polar surface area (TPSA) is 47.1 Å². The molecule has 0 fully saturated rings. The number of halogens is 1. The van der Waals surface area contributed by atoms with Gasteiger partial charge in [-0.25, -0.2) is 0 Å². The first-order chi connectivity index (χ1) is 7.45. The molecule has 0 aliphatic carbocycles. The Balaban J connectivity index is 2.81. The summed E-state index contributed by atoms with van der Waals surface area (Å²) in [5, 5.41) is 4.95. The van der Waals surface area contributed by atoms with Crippen LogP contribution in [0.25, 0.3) is 0 Å². The summed E-state index contributed by atoms with van der Waals surface area (Å²) in [5.41, 5.74) is 7.54. The predicted molar refractivity (Wildman–Crippen MR) is 70.7 cm³/mol. The van der Waals surface area contributed by atoms with E-state index in [1.165, 1.54) is 0 Å². The molecule has 0 bridgehead atoms. The predicted octanol–water partition coefficient (Wildman–Crippen LogP) is 1.49. The third-order valence-corrected chi connectivity index (χ3v) is 3.08. The van der Waals surface area contributed by atoms with Gasteiger partial charge in [-0.05, 0) is 13.5 Å². The summed E-state index contributed by atoms with van der Waals surface area (Å²) in [6, 6.07) is 0. The van der Waals surface area contributed by atoms with Crippen LogP contribution < -0.4 is 5.73 Å². The van der Waals surface area contributed by atoms with Crippen LogP contribution in [-0.2, 0) is 13.6 Å². The number of hydrogen-bond donors (Lipinski definition) is 1. The van der Waals surface area contributed by atoms with E-state index < -0.39 is 0 Å². The quantitative estimate of drug-likeness (QED) is 0.815. The third-order valence-electron chi connectivity index (χ3n) is 2.48. The second kappa shape index (κ2) is 5.61. The van der Waals surface area contributed by atoms with Crippen molar-refractivity contribution in [3.8, 4) is 0 Å². The summed E-state index contributed by atoms with van der Waals surface area (Å²) in [6.07, 6.45) is 0. The molecule has 0 aromatic carbocycles. The van der Waals surface area contributed by atoms with Crippen molar-refractivity contribution in [2.24, 2.45) is 12.8 Å². The lowest BCUT2D eigenvalue weighted by atomic mass is 10.2. The molecule has 0 aliphatic heterocycles. The van der Waals surface area contributed by atoms with Gasteiger partial charge in [0.1, 0.15) is 5.15 Å². The minimum Gasteiger partial charge on any atom is -0.392 e. The first kappa shape index (κ1) is 13.4. The maximum Gasteiger partial charge on any atom is 0.131 e. The number of aromatic nitrogens is 2. The normalized spacial score (nSPS) is 11.1. The Morgan fingerprint density at radius 3 is 2.62 bits per heavy atom. The van der Waals surface area contributed by atoms with Gasteiger partial charge in [-0.3, -0.25) is 9.58 Å². The van der Waals surface area contributed by atoms with Crippen molar-refractivity contribution in [2.75, 3.05) is 13.1 Å². The van der Waals surface area contributed by atoms with Crippen LogP contribution in [0.15, 0.2) is 0 Å². The Morgan fingerprint density at radius 2 is 2.25 bits per heavy atom. The van der Waals surface area contributed by atoms with E-state index in [9.17, 15) is 0 Å². The lowest BCUT2D eigenvalue weighted by molar-refractivity contribution is 0.320. The average molecular weight is 261 g/mol. The summed E-state index contributed by atoms with van der Waals surface area (Å²) in [4.78, 5) is 2.64. The number of nitrogens with zero attached hydrogens (tertiary/aromatic N) is 3. The van der Waals surface area contributed by atoms with Gasteiger partial charge in [0.25, 0.3) is 0 Å². The minimum atomic E-state index is 0.500. The van der Waals surface area contributed by atoms with E-state index in [4.69, 9.17) is 29.6 Å². The molecule has 0 atom stereocenters. The molecule has 16 heavy (non-hydrogen) atoms. The van der Waals surface area contributed by atoms with Crippen molar-refractivity contribution in [1.29, 1.82) is 0 Å². The summed E-state index contributed by atoms with van der Waals surface area (Å²) < 4.78 is 1.68. The molecule has 0 unspecified atom stereocenters. The smallest absolute Gasteiger partial charge is 0.131 e. The third kappa shape index (κ3) is 3.17. The highest BCUT2D eigenvalue weighted by molar-refractivity contribution is 7.80. The molecule has 0 spiro atoms. The molecular weight excluding hydrogens is 244 g/mol. The van der Waals surface area contributed by atoms with Gasteiger partial charge in [0, 0.05) is 25.7 Å². The average Bonchev–Trinajstić information content (AvgIpc) is 2.43. The largest absolute Gasteiger partial charge is 0.392 e. The Kier molecular flexibility index (Phi) is 4.70. The number of aryl methyl sites for hydroxylation is 2. The number of thiocarbonyl (C=S) groups is 1. The number of hydrogen-bond acceptors (Lipinski definition) is 3. The van der Waals surface area contributed by atoms with E-state index in [1.807, 2.05) is 14.0 Å². The van der Waals surface area contributed by atoms with E-state index in [2.05, 4.69) is 16.9 Å². The molecule has 0 saturated carbocycles. The van der Waals surface area contributed by atoms with E-state index in [1.54, 1.807) is 4.68 Å². The summed E-state index contributed by atoms with van der Waals surface area (Å²) in [7, 11) is 1.84. The molecule has 1 aromatic rings. The maximum absolute atomic E-state index is 6.16. The number of likely N-dealkylation sites (N-methyl/N-ethyl adjacent to an activating group) is 1. The van der Waals surface area contributed by atoms with Crippen molar-refractivity contribution >= 4 is 28.8 Å². The molecule has 0 radical (unpaired) electrons. The Bertz CT molecular complexity index is 388. The summed E-state index contributed by atoms with van der Waals surface area (Å²) >= 11 is 11.1. The van der Waals surface area contributed by atoms with Crippen LogP contribution in [0.4, 0.5) is 0 Å². The van der Waals surface area contributed by atoms with Gasteiger partial charge in [-0.15, -0.1) is 0 Å². The lowest BCUT2D eigenvalue weighted by Crippen LogP contribution is -2.32. The van der Waals surface area contributed by atoms with Crippen molar-refractivity contribution in [1.82, 2.24) is 14.7 Å². The van der Waals surface area contributed by atoms with Crippen molar-refractivity contribution in [3.63, 3.8) is 0 Å². The second-order valence-electron chi connectivity index (χ2n) is 3.75. The fraction of sp³-hybridized carbons (Fsp3) is 0.600. The Morgan fingerprint density at radius 1 is 1.62 bits per heavy atom. The van der Waals surface area contributed by atoms with Crippen LogP contribution >= 0.6 is 23.8 Å².